The van der Waals surface area contributed by atoms with Crippen LogP contribution in [0.4, 0.5) is 11.4 Å². The maximum Gasteiger partial charge on any atom is 0.322 e. The minimum Gasteiger partial charge on any atom is -0.480 e. The van der Waals surface area contributed by atoms with Crippen molar-refractivity contribution in [3.05, 3.63) is 32.8 Å². The second kappa shape index (κ2) is 6.69. The van der Waals surface area contributed by atoms with E-state index >= 15 is 0 Å². The molecule has 1 amide bonds. The lowest BCUT2D eigenvalue weighted by Gasteiger charge is -2.08. The van der Waals surface area contributed by atoms with Crippen molar-refractivity contribution >= 4 is 39.2 Å². The molecule has 1 aromatic rings. The first kappa shape index (κ1) is 14.9. The van der Waals surface area contributed by atoms with Gasteiger partial charge < -0.3 is 15.7 Å². The number of rotatable bonds is 6. The fraction of sp³-hybridized carbons (Fsp3) is 0.200. The van der Waals surface area contributed by atoms with Gasteiger partial charge in [0.25, 0.3) is 5.69 Å². The largest absolute Gasteiger partial charge is 0.480 e. The maximum absolute atomic E-state index is 11.2. The summed E-state index contributed by atoms with van der Waals surface area (Å²) in [5.74, 6) is -1.63. The number of nitrogens with one attached hydrogen (secondary N) is 2. The van der Waals surface area contributed by atoms with E-state index in [1.807, 2.05) is 0 Å². The Morgan fingerprint density at radius 1 is 1.37 bits per heavy atom. The molecule has 0 spiro atoms. The third-order valence-electron chi connectivity index (χ3n) is 2.04. The molecule has 0 unspecified atom stereocenters. The molecule has 9 heteroatoms. The molecule has 1 rings (SSSR count). The average Bonchev–Trinajstić information content (AvgIpc) is 2.34. The second-order valence-electron chi connectivity index (χ2n) is 3.45. The van der Waals surface area contributed by atoms with Crippen LogP contribution in [-0.4, -0.2) is 35.0 Å². The molecule has 0 radical (unpaired) electrons. The van der Waals surface area contributed by atoms with E-state index in [0.717, 1.165) is 0 Å². The summed E-state index contributed by atoms with van der Waals surface area (Å²) in [6.45, 7) is -0.592. The number of carbonyl (C=O) groups excluding carboxylic acids is 1. The quantitative estimate of drug-likeness (QED) is 0.527. The predicted octanol–water partition coefficient (Wildman–Crippen LogP) is 0.970. The number of halogens is 1. The molecule has 0 atom stereocenters. The monoisotopic (exact) mass is 331 g/mol. The van der Waals surface area contributed by atoms with E-state index in [0.29, 0.717) is 10.2 Å². The van der Waals surface area contributed by atoms with Gasteiger partial charge in [0, 0.05) is 22.3 Å². The van der Waals surface area contributed by atoms with E-state index in [1.54, 1.807) is 0 Å². The normalized spacial score (nSPS) is 9.74. The first-order valence-electron chi connectivity index (χ1n) is 5.06. The summed E-state index contributed by atoms with van der Waals surface area (Å²) in [7, 11) is 0. The van der Waals surface area contributed by atoms with Crippen LogP contribution in [0.5, 0.6) is 0 Å². The van der Waals surface area contributed by atoms with Crippen molar-refractivity contribution in [2.24, 2.45) is 0 Å². The van der Waals surface area contributed by atoms with E-state index < -0.39 is 23.3 Å². The Morgan fingerprint density at radius 3 is 2.58 bits per heavy atom. The van der Waals surface area contributed by atoms with E-state index in [4.69, 9.17) is 5.11 Å². The van der Waals surface area contributed by atoms with E-state index in [9.17, 15) is 19.7 Å². The Kier molecular flexibility index (Phi) is 5.24. The number of non-ortho nitro benzene ring substituents is 1. The Morgan fingerprint density at radius 2 is 2.05 bits per heavy atom. The molecule has 19 heavy (non-hydrogen) atoms. The molecule has 0 aliphatic rings. The summed E-state index contributed by atoms with van der Waals surface area (Å²) >= 11 is 3.13. The summed E-state index contributed by atoms with van der Waals surface area (Å²) in [6, 6.07) is 4.05. The number of anilines is 1. The molecule has 8 nitrogen and oxygen atoms in total. The van der Waals surface area contributed by atoms with Gasteiger partial charge in [0.2, 0.25) is 5.91 Å². The van der Waals surface area contributed by atoms with Crippen molar-refractivity contribution in [1.29, 1.82) is 0 Å². The van der Waals surface area contributed by atoms with E-state index in [1.165, 1.54) is 18.2 Å². The molecule has 0 aliphatic carbocycles. The zero-order chi connectivity index (χ0) is 14.4. The minimum absolute atomic E-state index is 0.0762. The number of amides is 1. The molecule has 0 bridgehead atoms. The summed E-state index contributed by atoms with van der Waals surface area (Å²) in [5.41, 5.74) is 0.420. The van der Waals surface area contributed by atoms with Crippen molar-refractivity contribution in [2.75, 3.05) is 18.4 Å². The van der Waals surface area contributed by atoms with Crippen molar-refractivity contribution in [2.45, 2.75) is 0 Å². The minimum atomic E-state index is -1.13. The van der Waals surface area contributed by atoms with E-state index in [2.05, 4.69) is 26.6 Å². The van der Waals surface area contributed by atoms with E-state index in [-0.39, 0.29) is 12.2 Å². The van der Waals surface area contributed by atoms with Crippen LogP contribution < -0.4 is 10.6 Å². The molecule has 0 fully saturated rings. The maximum atomic E-state index is 11.2. The van der Waals surface area contributed by atoms with Crippen LogP contribution in [0.2, 0.25) is 0 Å². The molecule has 1 aromatic carbocycles. The Balaban J connectivity index is 2.56. The highest BCUT2D eigenvalue weighted by atomic mass is 79.9. The van der Waals surface area contributed by atoms with Gasteiger partial charge in [-0.1, -0.05) is 0 Å². The summed E-state index contributed by atoms with van der Waals surface area (Å²) in [6.07, 6.45) is 0. The fourth-order valence-electron chi connectivity index (χ4n) is 1.17. The van der Waals surface area contributed by atoms with Crippen LogP contribution >= 0.6 is 15.9 Å². The molecule has 3 N–H and O–H groups in total. The lowest BCUT2D eigenvalue weighted by molar-refractivity contribution is -0.384. The number of aliphatic carboxylic acids is 1. The van der Waals surface area contributed by atoms with Gasteiger partial charge in [-0.05, 0) is 22.0 Å². The number of nitrogens with zero attached hydrogens (tertiary/aromatic N) is 1. The summed E-state index contributed by atoms with van der Waals surface area (Å²) in [4.78, 5) is 31.5. The number of carboxylic acid groups (broad SMARTS) is 1. The molecular weight excluding hydrogens is 322 g/mol. The smallest absolute Gasteiger partial charge is 0.322 e. The lowest BCUT2D eigenvalue weighted by Crippen LogP contribution is -2.33. The number of nitro benzene ring substituents is 1. The summed E-state index contributed by atoms with van der Waals surface area (Å²) < 4.78 is 0.438. The van der Waals surface area contributed by atoms with Crippen LogP contribution in [-0.2, 0) is 9.59 Å². The Hall–Kier alpha value is -2.16. The van der Waals surface area contributed by atoms with Gasteiger partial charge in [-0.2, -0.15) is 0 Å². The number of carboxylic acids is 1. The molecule has 102 valence electrons. The number of carbonyl (C=O) groups is 2. The first-order valence-corrected chi connectivity index (χ1v) is 5.85. The molecule has 0 saturated heterocycles. The molecule has 0 aromatic heterocycles. The van der Waals surface area contributed by atoms with Crippen LogP contribution in [0.3, 0.4) is 0 Å². The predicted molar refractivity (Wildman–Crippen MR) is 69.9 cm³/mol. The van der Waals surface area contributed by atoms with Crippen molar-refractivity contribution in [3.8, 4) is 0 Å². The van der Waals surface area contributed by atoms with Crippen molar-refractivity contribution in [1.82, 2.24) is 5.32 Å². The third-order valence-corrected chi connectivity index (χ3v) is 2.70. The van der Waals surface area contributed by atoms with Crippen molar-refractivity contribution < 1.29 is 19.6 Å². The van der Waals surface area contributed by atoms with Gasteiger partial charge in [-0.25, -0.2) is 0 Å². The van der Waals surface area contributed by atoms with Gasteiger partial charge in [0.05, 0.1) is 11.5 Å². The summed E-state index contributed by atoms with van der Waals surface area (Å²) in [5, 5.41) is 23.8. The highest BCUT2D eigenvalue weighted by Gasteiger charge is 2.10. The van der Waals surface area contributed by atoms with Gasteiger partial charge >= 0.3 is 5.97 Å². The highest BCUT2D eigenvalue weighted by Crippen LogP contribution is 2.26. The first-order chi connectivity index (χ1) is 8.90. The third kappa shape index (κ3) is 4.92. The van der Waals surface area contributed by atoms with Gasteiger partial charge in [0.1, 0.15) is 6.54 Å². The standard InChI is InChI=1S/C10H10BrN3O5/c11-7-3-6(14(18)19)1-2-8(7)12-4-9(15)13-5-10(16)17/h1-3,12H,4-5H2,(H,13,15)(H,16,17). The molecule has 0 heterocycles. The van der Waals surface area contributed by atoms with Crippen LogP contribution in [0.25, 0.3) is 0 Å². The van der Waals surface area contributed by atoms with Crippen LogP contribution in [0.15, 0.2) is 22.7 Å². The zero-order valence-corrected chi connectivity index (χ0v) is 11.1. The Labute approximate surface area is 116 Å². The SMILES string of the molecule is O=C(O)CNC(=O)CNc1ccc([N+](=O)[O-])cc1Br. The number of nitro groups is 1. The average molecular weight is 332 g/mol. The topological polar surface area (TPSA) is 122 Å². The van der Waals surface area contributed by atoms with Gasteiger partial charge in [-0.3, -0.25) is 19.7 Å². The number of benzene rings is 1. The second-order valence-corrected chi connectivity index (χ2v) is 4.30. The highest BCUT2D eigenvalue weighted by molar-refractivity contribution is 9.10. The van der Waals surface area contributed by atoms with Gasteiger partial charge in [0.15, 0.2) is 0 Å². The molecule has 0 aliphatic heterocycles. The van der Waals surface area contributed by atoms with Gasteiger partial charge in [-0.15, -0.1) is 0 Å². The molecule has 0 saturated carbocycles. The zero-order valence-electron chi connectivity index (χ0n) is 9.55. The lowest BCUT2D eigenvalue weighted by atomic mass is 10.3. The van der Waals surface area contributed by atoms with Crippen molar-refractivity contribution in [3.63, 3.8) is 0 Å². The fourth-order valence-corrected chi connectivity index (χ4v) is 1.68. The number of hydrogen-bond donors (Lipinski definition) is 3. The van der Waals surface area contributed by atoms with Crippen LogP contribution in [0.1, 0.15) is 0 Å². The molecular formula is C10H10BrN3O5. The number of hydrogen-bond acceptors (Lipinski definition) is 5. The Bertz CT molecular complexity index is 520. The van der Waals surface area contributed by atoms with Crippen LogP contribution in [0, 0.1) is 10.1 Å².